The lowest BCUT2D eigenvalue weighted by Gasteiger charge is -2.13. The number of alkyl halides is 3. The van der Waals surface area contributed by atoms with E-state index in [1.165, 1.54) is 12.1 Å². The molecule has 3 aromatic rings. The maximum atomic E-state index is 12.6. The zero-order valence-electron chi connectivity index (χ0n) is 12.1. The van der Waals surface area contributed by atoms with Gasteiger partial charge in [0.05, 0.1) is 5.56 Å². The summed E-state index contributed by atoms with van der Waals surface area (Å²) in [7, 11) is 0. The van der Waals surface area contributed by atoms with Crippen LogP contribution in [0.15, 0.2) is 78.9 Å². The molecule has 23 heavy (non-hydrogen) atoms. The molecule has 0 aliphatic rings. The normalized spacial score (nSPS) is 11.3. The summed E-state index contributed by atoms with van der Waals surface area (Å²) < 4.78 is 37.8. The van der Waals surface area contributed by atoms with Crippen molar-refractivity contribution < 1.29 is 13.2 Å². The molecule has 3 rings (SSSR count). The first-order chi connectivity index (χ1) is 11.0. The van der Waals surface area contributed by atoms with Crippen LogP contribution in [0.25, 0.3) is 11.1 Å². The van der Waals surface area contributed by atoms with Crippen LogP contribution in [-0.2, 0) is 6.18 Å². The third kappa shape index (κ3) is 3.54. The summed E-state index contributed by atoms with van der Waals surface area (Å²) in [5, 5.41) is 3.18. The zero-order chi connectivity index (χ0) is 16.3. The first-order valence-electron chi connectivity index (χ1n) is 7.13. The largest absolute Gasteiger partial charge is 0.416 e. The monoisotopic (exact) mass is 313 g/mol. The van der Waals surface area contributed by atoms with E-state index >= 15 is 0 Å². The molecule has 0 saturated carbocycles. The van der Waals surface area contributed by atoms with E-state index in [2.05, 4.69) is 5.32 Å². The van der Waals surface area contributed by atoms with Gasteiger partial charge in [0, 0.05) is 16.9 Å². The molecule has 1 N–H and O–H groups in total. The Labute approximate surface area is 132 Å². The molecule has 0 unspecified atom stereocenters. The van der Waals surface area contributed by atoms with Crippen LogP contribution in [0, 0.1) is 0 Å². The number of benzene rings is 3. The lowest BCUT2D eigenvalue weighted by atomic mass is 10.0. The predicted molar refractivity (Wildman–Crippen MR) is 86.6 cm³/mol. The highest BCUT2D eigenvalue weighted by Crippen LogP contribution is 2.32. The van der Waals surface area contributed by atoms with Crippen molar-refractivity contribution >= 4 is 11.4 Å². The van der Waals surface area contributed by atoms with Crippen LogP contribution in [-0.4, -0.2) is 0 Å². The van der Waals surface area contributed by atoms with Gasteiger partial charge >= 0.3 is 6.18 Å². The lowest BCUT2D eigenvalue weighted by Crippen LogP contribution is -2.04. The van der Waals surface area contributed by atoms with Gasteiger partial charge in [-0.05, 0) is 35.9 Å². The minimum Gasteiger partial charge on any atom is -0.355 e. The van der Waals surface area contributed by atoms with Gasteiger partial charge in [-0.1, -0.05) is 48.5 Å². The summed E-state index contributed by atoms with van der Waals surface area (Å²) in [4.78, 5) is 0. The molecular formula is C19H14F3N. The van der Waals surface area contributed by atoms with E-state index in [0.717, 1.165) is 28.9 Å². The van der Waals surface area contributed by atoms with Crippen LogP contribution >= 0.6 is 0 Å². The van der Waals surface area contributed by atoms with Crippen molar-refractivity contribution in [2.24, 2.45) is 0 Å². The Hall–Kier alpha value is -2.75. The Morgan fingerprint density at radius 1 is 0.652 bits per heavy atom. The van der Waals surface area contributed by atoms with Crippen molar-refractivity contribution in [1.29, 1.82) is 0 Å². The fraction of sp³-hybridized carbons (Fsp3) is 0.0526. The van der Waals surface area contributed by atoms with Gasteiger partial charge in [-0.2, -0.15) is 13.2 Å². The van der Waals surface area contributed by atoms with Crippen LogP contribution in [0.5, 0.6) is 0 Å². The summed E-state index contributed by atoms with van der Waals surface area (Å²) in [6.07, 6.45) is -4.32. The van der Waals surface area contributed by atoms with E-state index in [1.807, 2.05) is 54.6 Å². The second kappa shape index (κ2) is 6.16. The van der Waals surface area contributed by atoms with Gasteiger partial charge in [0.15, 0.2) is 0 Å². The van der Waals surface area contributed by atoms with Crippen LogP contribution < -0.4 is 5.32 Å². The smallest absolute Gasteiger partial charge is 0.355 e. The molecule has 4 heteroatoms. The SMILES string of the molecule is FC(F)(F)c1ccc(Nc2ccccc2-c2ccccc2)cc1. The molecule has 0 bridgehead atoms. The van der Waals surface area contributed by atoms with Gasteiger partial charge in [0.25, 0.3) is 0 Å². The number of anilines is 2. The molecule has 1 nitrogen and oxygen atoms in total. The van der Waals surface area contributed by atoms with Crippen molar-refractivity contribution in [3.63, 3.8) is 0 Å². The summed E-state index contributed by atoms with van der Waals surface area (Å²) in [6.45, 7) is 0. The van der Waals surface area contributed by atoms with Gasteiger partial charge in [-0.15, -0.1) is 0 Å². The van der Waals surface area contributed by atoms with Crippen LogP contribution in [0.4, 0.5) is 24.5 Å². The van der Waals surface area contributed by atoms with Crippen LogP contribution in [0.3, 0.4) is 0 Å². The summed E-state index contributed by atoms with van der Waals surface area (Å²) in [5.41, 5.74) is 2.84. The molecular weight excluding hydrogens is 299 g/mol. The van der Waals surface area contributed by atoms with E-state index in [-0.39, 0.29) is 0 Å². The van der Waals surface area contributed by atoms with Crippen molar-refractivity contribution in [2.45, 2.75) is 6.18 Å². The van der Waals surface area contributed by atoms with Crippen molar-refractivity contribution in [3.8, 4) is 11.1 Å². The molecule has 0 atom stereocenters. The predicted octanol–water partition coefficient (Wildman–Crippen LogP) is 6.12. The minimum atomic E-state index is -4.32. The summed E-state index contributed by atoms with van der Waals surface area (Å²) >= 11 is 0. The molecule has 116 valence electrons. The van der Waals surface area contributed by atoms with E-state index in [1.54, 1.807) is 0 Å². The number of hydrogen-bond donors (Lipinski definition) is 1. The Balaban J connectivity index is 1.89. The quantitative estimate of drug-likeness (QED) is 0.614. The van der Waals surface area contributed by atoms with Crippen molar-refractivity contribution in [2.75, 3.05) is 5.32 Å². The van der Waals surface area contributed by atoms with Crippen LogP contribution in [0.1, 0.15) is 5.56 Å². The first-order valence-corrected chi connectivity index (χ1v) is 7.13. The Morgan fingerprint density at radius 2 is 1.26 bits per heavy atom. The van der Waals surface area contributed by atoms with Gasteiger partial charge in [-0.3, -0.25) is 0 Å². The molecule has 0 heterocycles. The van der Waals surface area contributed by atoms with E-state index in [9.17, 15) is 13.2 Å². The highest BCUT2D eigenvalue weighted by molar-refractivity contribution is 5.80. The molecule has 0 radical (unpaired) electrons. The van der Waals surface area contributed by atoms with Crippen LogP contribution in [0.2, 0.25) is 0 Å². The Bertz CT molecular complexity index is 778. The maximum Gasteiger partial charge on any atom is 0.416 e. The van der Waals surface area contributed by atoms with Crippen molar-refractivity contribution in [3.05, 3.63) is 84.4 Å². The highest BCUT2D eigenvalue weighted by Gasteiger charge is 2.29. The van der Waals surface area contributed by atoms with E-state index in [4.69, 9.17) is 0 Å². The molecule has 0 aromatic heterocycles. The topological polar surface area (TPSA) is 12.0 Å². The number of rotatable bonds is 3. The number of nitrogens with one attached hydrogen (secondary N) is 1. The molecule has 0 fully saturated rings. The molecule has 0 saturated heterocycles. The second-order valence-corrected chi connectivity index (χ2v) is 5.11. The Morgan fingerprint density at radius 3 is 1.91 bits per heavy atom. The Kier molecular flexibility index (Phi) is 4.06. The van der Waals surface area contributed by atoms with E-state index in [0.29, 0.717) is 5.69 Å². The van der Waals surface area contributed by atoms with Gasteiger partial charge in [-0.25, -0.2) is 0 Å². The molecule has 0 aliphatic heterocycles. The minimum absolute atomic E-state index is 0.612. The molecule has 0 spiro atoms. The third-order valence-electron chi connectivity index (χ3n) is 3.50. The standard InChI is InChI=1S/C19H14F3N/c20-19(21,22)15-10-12-16(13-11-15)23-18-9-5-4-8-17(18)14-6-2-1-3-7-14/h1-13,23H. The van der Waals surface area contributed by atoms with Gasteiger partial charge in [0.2, 0.25) is 0 Å². The fourth-order valence-electron chi connectivity index (χ4n) is 2.36. The molecule has 0 amide bonds. The summed E-state index contributed by atoms with van der Waals surface area (Å²) in [5.74, 6) is 0. The lowest BCUT2D eigenvalue weighted by molar-refractivity contribution is -0.137. The van der Waals surface area contributed by atoms with Gasteiger partial charge in [0.1, 0.15) is 0 Å². The fourth-order valence-corrected chi connectivity index (χ4v) is 2.36. The first kappa shape index (κ1) is 15.2. The van der Waals surface area contributed by atoms with Gasteiger partial charge < -0.3 is 5.32 Å². The average Bonchev–Trinajstić information content (AvgIpc) is 2.56. The van der Waals surface area contributed by atoms with Crippen molar-refractivity contribution in [1.82, 2.24) is 0 Å². The zero-order valence-corrected chi connectivity index (χ0v) is 12.1. The number of para-hydroxylation sites is 1. The summed E-state index contributed by atoms with van der Waals surface area (Å²) in [6, 6.07) is 22.5. The third-order valence-corrected chi connectivity index (χ3v) is 3.50. The van der Waals surface area contributed by atoms with E-state index < -0.39 is 11.7 Å². The molecule has 0 aliphatic carbocycles. The highest BCUT2D eigenvalue weighted by atomic mass is 19.4. The second-order valence-electron chi connectivity index (χ2n) is 5.11. The number of hydrogen-bond acceptors (Lipinski definition) is 1. The average molecular weight is 313 g/mol. The maximum absolute atomic E-state index is 12.6. The molecule has 3 aromatic carbocycles. The number of halogens is 3.